The number of nitriles is 1. The minimum absolute atomic E-state index is 0.0575. The number of amides is 1. The van der Waals surface area contributed by atoms with Gasteiger partial charge in [-0.1, -0.05) is 0 Å². The first kappa shape index (κ1) is 9.01. The molecule has 0 spiro atoms. The monoisotopic (exact) mass is 168 g/mol. The van der Waals surface area contributed by atoms with Crippen molar-refractivity contribution in [2.75, 3.05) is 6.61 Å². The molecule has 1 aliphatic rings. The van der Waals surface area contributed by atoms with Crippen molar-refractivity contribution in [2.24, 2.45) is 11.7 Å². The Morgan fingerprint density at radius 3 is 3.00 bits per heavy atom. The second-order valence-corrected chi connectivity index (χ2v) is 2.95. The third-order valence-electron chi connectivity index (χ3n) is 2.02. The first-order valence-electron chi connectivity index (χ1n) is 4.04. The lowest BCUT2D eigenvalue weighted by atomic mass is 10.0. The summed E-state index contributed by atoms with van der Waals surface area (Å²) >= 11 is 0. The fraction of sp³-hybridized carbons (Fsp3) is 0.750. The van der Waals surface area contributed by atoms with Gasteiger partial charge in [-0.05, 0) is 19.3 Å². The number of hydrogen-bond donors (Lipinski definition) is 1. The standard InChI is InChI=1S/C8H12N2O2/c9-5-6(8(10)11)4-7-2-1-3-12-7/h6-7H,1-4H2,(H2,10,11). The van der Waals surface area contributed by atoms with E-state index in [-0.39, 0.29) is 6.10 Å². The lowest BCUT2D eigenvalue weighted by Crippen LogP contribution is -2.25. The van der Waals surface area contributed by atoms with Gasteiger partial charge < -0.3 is 10.5 Å². The van der Waals surface area contributed by atoms with Crippen molar-refractivity contribution >= 4 is 5.91 Å². The van der Waals surface area contributed by atoms with Gasteiger partial charge in [0.15, 0.2) is 0 Å². The topological polar surface area (TPSA) is 76.1 Å². The summed E-state index contributed by atoms with van der Waals surface area (Å²) in [6.07, 6.45) is 2.46. The maximum absolute atomic E-state index is 10.7. The predicted octanol–water partition coefficient (Wildman–Crippen LogP) is 0.181. The lowest BCUT2D eigenvalue weighted by Gasteiger charge is -2.10. The van der Waals surface area contributed by atoms with Gasteiger partial charge in [0.25, 0.3) is 0 Å². The van der Waals surface area contributed by atoms with E-state index in [0.29, 0.717) is 6.42 Å². The highest BCUT2D eigenvalue weighted by Crippen LogP contribution is 2.19. The predicted molar refractivity (Wildman–Crippen MR) is 41.9 cm³/mol. The van der Waals surface area contributed by atoms with E-state index < -0.39 is 11.8 Å². The maximum Gasteiger partial charge on any atom is 0.234 e. The molecule has 12 heavy (non-hydrogen) atoms. The number of nitrogens with zero attached hydrogens (tertiary/aromatic N) is 1. The molecular weight excluding hydrogens is 156 g/mol. The van der Waals surface area contributed by atoms with Crippen molar-refractivity contribution in [3.8, 4) is 6.07 Å². The second kappa shape index (κ2) is 4.07. The molecular formula is C8H12N2O2. The van der Waals surface area contributed by atoms with E-state index in [2.05, 4.69) is 0 Å². The van der Waals surface area contributed by atoms with Crippen molar-refractivity contribution < 1.29 is 9.53 Å². The minimum atomic E-state index is -0.687. The zero-order chi connectivity index (χ0) is 8.97. The van der Waals surface area contributed by atoms with Crippen molar-refractivity contribution in [3.05, 3.63) is 0 Å². The summed E-state index contributed by atoms with van der Waals surface area (Å²) < 4.78 is 5.28. The molecule has 0 radical (unpaired) electrons. The molecule has 1 heterocycles. The molecule has 0 bridgehead atoms. The summed E-state index contributed by atoms with van der Waals surface area (Å²) in [5.41, 5.74) is 5.01. The molecule has 4 nitrogen and oxygen atoms in total. The van der Waals surface area contributed by atoms with Crippen LogP contribution >= 0.6 is 0 Å². The number of hydrogen-bond acceptors (Lipinski definition) is 3. The Labute approximate surface area is 71.3 Å². The zero-order valence-electron chi connectivity index (χ0n) is 6.82. The first-order valence-corrected chi connectivity index (χ1v) is 4.04. The molecule has 1 saturated heterocycles. The molecule has 2 atom stereocenters. The molecule has 0 aromatic carbocycles. The number of ether oxygens (including phenoxy) is 1. The van der Waals surface area contributed by atoms with Gasteiger partial charge in [0, 0.05) is 6.61 Å². The summed E-state index contributed by atoms with van der Waals surface area (Å²) in [4.78, 5) is 10.7. The van der Waals surface area contributed by atoms with Crippen molar-refractivity contribution in [1.82, 2.24) is 0 Å². The largest absolute Gasteiger partial charge is 0.378 e. The summed E-state index contributed by atoms with van der Waals surface area (Å²) in [7, 11) is 0. The van der Waals surface area contributed by atoms with Crippen LogP contribution in [0.4, 0.5) is 0 Å². The molecule has 0 aromatic rings. The summed E-state index contributed by atoms with van der Waals surface area (Å²) in [6, 6.07) is 1.87. The van der Waals surface area contributed by atoms with Gasteiger partial charge in [-0.25, -0.2) is 0 Å². The quantitative estimate of drug-likeness (QED) is 0.653. The summed E-state index contributed by atoms with van der Waals surface area (Å²) in [5, 5.41) is 8.55. The molecule has 4 heteroatoms. The van der Waals surface area contributed by atoms with E-state index in [0.717, 1.165) is 19.4 Å². The van der Waals surface area contributed by atoms with Gasteiger partial charge in [0.2, 0.25) is 5.91 Å². The molecule has 0 aromatic heterocycles. The Kier molecular flexibility index (Phi) is 3.06. The van der Waals surface area contributed by atoms with E-state index in [4.69, 9.17) is 15.7 Å². The molecule has 0 saturated carbocycles. The van der Waals surface area contributed by atoms with Gasteiger partial charge in [-0.2, -0.15) is 5.26 Å². The lowest BCUT2D eigenvalue weighted by molar-refractivity contribution is -0.121. The fourth-order valence-corrected chi connectivity index (χ4v) is 1.33. The van der Waals surface area contributed by atoms with Crippen LogP contribution in [-0.2, 0) is 9.53 Å². The molecule has 2 N–H and O–H groups in total. The fourth-order valence-electron chi connectivity index (χ4n) is 1.33. The van der Waals surface area contributed by atoms with E-state index in [9.17, 15) is 4.79 Å². The van der Waals surface area contributed by atoms with Crippen LogP contribution in [0.1, 0.15) is 19.3 Å². The van der Waals surface area contributed by atoms with Gasteiger partial charge in [-0.15, -0.1) is 0 Å². The molecule has 2 unspecified atom stereocenters. The molecule has 1 aliphatic heterocycles. The molecule has 66 valence electrons. The number of primary amides is 1. The van der Waals surface area contributed by atoms with E-state index in [1.54, 1.807) is 0 Å². The zero-order valence-corrected chi connectivity index (χ0v) is 6.82. The average molecular weight is 168 g/mol. The SMILES string of the molecule is N#CC(CC1CCCO1)C(N)=O. The van der Waals surface area contributed by atoms with E-state index in [1.165, 1.54) is 0 Å². The van der Waals surface area contributed by atoms with Crippen molar-refractivity contribution in [3.63, 3.8) is 0 Å². The van der Waals surface area contributed by atoms with Gasteiger partial charge in [-0.3, -0.25) is 4.79 Å². The highest BCUT2D eigenvalue weighted by atomic mass is 16.5. The molecule has 1 rings (SSSR count). The second-order valence-electron chi connectivity index (χ2n) is 2.95. The van der Waals surface area contributed by atoms with Crippen LogP contribution in [0, 0.1) is 17.2 Å². The summed E-state index contributed by atoms with van der Waals surface area (Å²) in [5.74, 6) is -1.24. The average Bonchev–Trinajstić information content (AvgIpc) is 2.51. The van der Waals surface area contributed by atoms with Gasteiger partial charge in [0.05, 0.1) is 12.2 Å². The highest BCUT2D eigenvalue weighted by molar-refractivity contribution is 5.79. The Hall–Kier alpha value is -1.08. The van der Waals surface area contributed by atoms with Crippen molar-refractivity contribution in [1.29, 1.82) is 5.26 Å². The van der Waals surface area contributed by atoms with Crippen LogP contribution in [-0.4, -0.2) is 18.6 Å². The van der Waals surface area contributed by atoms with Crippen LogP contribution in [0.5, 0.6) is 0 Å². The number of carbonyl (C=O) groups is 1. The van der Waals surface area contributed by atoms with Crippen LogP contribution in [0.3, 0.4) is 0 Å². The van der Waals surface area contributed by atoms with Crippen LogP contribution in [0.15, 0.2) is 0 Å². The van der Waals surface area contributed by atoms with Gasteiger partial charge >= 0.3 is 0 Å². The molecule has 0 aliphatic carbocycles. The molecule has 1 fully saturated rings. The summed E-state index contributed by atoms with van der Waals surface area (Å²) in [6.45, 7) is 0.738. The van der Waals surface area contributed by atoms with E-state index >= 15 is 0 Å². The molecule has 1 amide bonds. The first-order chi connectivity index (χ1) is 5.74. The normalized spacial score (nSPS) is 24.8. The Balaban J connectivity index is 2.37. The maximum atomic E-state index is 10.7. The van der Waals surface area contributed by atoms with Crippen LogP contribution < -0.4 is 5.73 Å². The Morgan fingerprint density at radius 1 is 1.83 bits per heavy atom. The van der Waals surface area contributed by atoms with Crippen LogP contribution in [0.2, 0.25) is 0 Å². The number of nitrogens with two attached hydrogens (primary N) is 1. The van der Waals surface area contributed by atoms with Gasteiger partial charge in [0.1, 0.15) is 5.92 Å². The third kappa shape index (κ3) is 2.21. The Morgan fingerprint density at radius 2 is 2.58 bits per heavy atom. The number of rotatable bonds is 3. The minimum Gasteiger partial charge on any atom is -0.378 e. The van der Waals surface area contributed by atoms with E-state index in [1.807, 2.05) is 6.07 Å². The highest BCUT2D eigenvalue weighted by Gasteiger charge is 2.23. The Bertz CT molecular complexity index is 204. The van der Waals surface area contributed by atoms with Crippen LogP contribution in [0.25, 0.3) is 0 Å². The third-order valence-corrected chi connectivity index (χ3v) is 2.02. The smallest absolute Gasteiger partial charge is 0.234 e. The van der Waals surface area contributed by atoms with Crippen molar-refractivity contribution in [2.45, 2.75) is 25.4 Å². The number of carbonyl (C=O) groups excluding carboxylic acids is 1.